The Morgan fingerprint density at radius 1 is 1.07 bits per heavy atom. The first kappa shape index (κ1) is 13.9. The topological polar surface area (TPSA) is 15.7 Å². The molecular formula is C11H26N2O. The van der Waals surface area contributed by atoms with Crippen molar-refractivity contribution in [3.05, 3.63) is 0 Å². The summed E-state index contributed by atoms with van der Waals surface area (Å²) >= 11 is 0. The van der Waals surface area contributed by atoms with Crippen LogP contribution in [0.15, 0.2) is 0 Å². The van der Waals surface area contributed by atoms with Gasteiger partial charge in [0.25, 0.3) is 0 Å². The molecule has 3 nitrogen and oxygen atoms in total. The number of hydroxylamine groups is 2. The van der Waals surface area contributed by atoms with Gasteiger partial charge in [0.05, 0.1) is 0 Å². The molecule has 2 atom stereocenters. The van der Waals surface area contributed by atoms with Crippen LogP contribution in [-0.4, -0.2) is 43.4 Å². The van der Waals surface area contributed by atoms with E-state index >= 15 is 0 Å². The van der Waals surface area contributed by atoms with Gasteiger partial charge < -0.3 is 0 Å². The van der Waals surface area contributed by atoms with Gasteiger partial charge >= 0.3 is 0 Å². The highest BCUT2D eigenvalue weighted by molar-refractivity contribution is 4.61. The summed E-state index contributed by atoms with van der Waals surface area (Å²) in [6.45, 7) is 10.6. The Morgan fingerprint density at radius 3 is 1.86 bits per heavy atom. The second kappa shape index (κ2) is 7.21. The maximum Gasteiger partial charge on any atom is 0.134 e. The van der Waals surface area contributed by atoms with Crippen LogP contribution in [-0.2, 0) is 4.84 Å². The van der Waals surface area contributed by atoms with Gasteiger partial charge in [0, 0.05) is 13.1 Å². The summed E-state index contributed by atoms with van der Waals surface area (Å²) in [5, 5.41) is 2.01. The van der Waals surface area contributed by atoms with Crippen molar-refractivity contribution in [2.24, 2.45) is 5.92 Å². The Morgan fingerprint density at radius 2 is 1.57 bits per heavy atom. The van der Waals surface area contributed by atoms with Crippen LogP contribution in [0.5, 0.6) is 0 Å². The molecule has 14 heavy (non-hydrogen) atoms. The van der Waals surface area contributed by atoms with Crippen molar-refractivity contribution in [2.75, 3.05) is 27.2 Å². The van der Waals surface area contributed by atoms with Gasteiger partial charge in [0.2, 0.25) is 0 Å². The summed E-state index contributed by atoms with van der Waals surface area (Å²) in [4.78, 5) is 8.07. The molecule has 86 valence electrons. The fraction of sp³-hybridized carbons (Fsp3) is 1.00. The molecule has 0 aromatic rings. The van der Waals surface area contributed by atoms with Gasteiger partial charge in [0.1, 0.15) is 6.23 Å². The van der Waals surface area contributed by atoms with Crippen LogP contribution < -0.4 is 0 Å². The van der Waals surface area contributed by atoms with Crippen molar-refractivity contribution in [3.63, 3.8) is 0 Å². The number of hydrogen-bond donors (Lipinski definition) is 0. The van der Waals surface area contributed by atoms with Gasteiger partial charge in [-0.2, -0.15) is 5.06 Å². The minimum absolute atomic E-state index is 0.194. The van der Waals surface area contributed by atoms with Gasteiger partial charge in [-0.3, -0.25) is 9.74 Å². The molecule has 0 aliphatic carbocycles. The van der Waals surface area contributed by atoms with Crippen LogP contribution >= 0.6 is 0 Å². The average molecular weight is 202 g/mol. The minimum Gasteiger partial charge on any atom is -0.283 e. The lowest BCUT2D eigenvalue weighted by molar-refractivity contribution is -0.243. The SMILES string of the molecule is CCC(C)C(ON(CC)CC)N(C)C. The molecule has 0 amide bonds. The van der Waals surface area contributed by atoms with Crippen molar-refractivity contribution >= 4 is 0 Å². The maximum atomic E-state index is 5.92. The fourth-order valence-electron chi connectivity index (χ4n) is 1.43. The summed E-state index contributed by atoms with van der Waals surface area (Å²) in [7, 11) is 4.14. The molecule has 0 fully saturated rings. The zero-order valence-electron chi connectivity index (χ0n) is 10.6. The molecule has 0 heterocycles. The van der Waals surface area contributed by atoms with Crippen molar-refractivity contribution in [1.29, 1.82) is 0 Å². The van der Waals surface area contributed by atoms with Crippen molar-refractivity contribution in [2.45, 2.75) is 40.3 Å². The van der Waals surface area contributed by atoms with E-state index in [1.54, 1.807) is 0 Å². The standard InChI is InChI=1S/C11H26N2O/c1-7-10(4)11(12(5)6)14-13(8-2)9-3/h10-11H,7-9H2,1-6H3. The van der Waals surface area contributed by atoms with E-state index in [2.05, 4.69) is 46.7 Å². The van der Waals surface area contributed by atoms with Gasteiger partial charge in [-0.05, 0) is 26.4 Å². The monoisotopic (exact) mass is 202 g/mol. The van der Waals surface area contributed by atoms with Crippen LogP contribution in [0.1, 0.15) is 34.1 Å². The van der Waals surface area contributed by atoms with Gasteiger partial charge in [0.15, 0.2) is 0 Å². The third-order valence-electron chi connectivity index (χ3n) is 2.60. The minimum atomic E-state index is 0.194. The van der Waals surface area contributed by atoms with E-state index in [0.29, 0.717) is 5.92 Å². The van der Waals surface area contributed by atoms with E-state index in [1.807, 2.05) is 5.06 Å². The molecule has 0 saturated heterocycles. The molecule has 0 saturated carbocycles. The smallest absolute Gasteiger partial charge is 0.134 e. The lowest BCUT2D eigenvalue weighted by Crippen LogP contribution is -2.42. The molecule has 0 radical (unpaired) electrons. The van der Waals surface area contributed by atoms with Crippen LogP contribution in [0, 0.1) is 5.92 Å². The number of nitrogens with zero attached hydrogens (tertiary/aromatic N) is 2. The summed E-state index contributed by atoms with van der Waals surface area (Å²) in [5.74, 6) is 0.561. The molecule has 0 rings (SSSR count). The third-order valence-corrected chi connectivity index (χ3v) is 2.60. The van der Waals surface area contributed by atoms with E-state index in [4.69, 9.17) is 4.84 Å². The highest BCUT2D eigenvalue weighted by Gasteiger charge is 2.21. The zero-order valence-corrected chi connectivity index (χ0v) is 10.6. The van der Waals surface area contributed by atoms with Crippen molar-refractivity contribution in [1.82, 2.24) is 9.96 Å². The van der Waals surface area contributed by atoms with E-state index in [-0.39, 0.29) is 6.23 Å². The van der Waals surface area contributed by atoms with Crippen LogP contribution in [0.25, 0.3) is 0 Å². The highest BCUT2D eigenvalue weighted by atomic mass is 16.7. The van der Waals surface area contributed by atoms with Gasteiger partial charge in [-0.15, -0.1) is 0 Å². The normalized spacial score (nSPS) is 16.3. The van der Waals surface area contributed by atoms with Gasteiger partial charge in [-0.1, -0.05) is 27.7 Å². The molecular weight excluding hydrogens is 176 g/mol. The predicted molar refractivity (Wildman–Crippen MR) is 60.9 cm³/mol. The fourth-order valence-corrected chi connectivity index (χ4v) is 1.43. The summed E-state index contributed by atoms with van der Waals surface area (Å²) in [6, 6.07) is 0. The van der Waals surface area contributed by atoms with Crippen LogP contribution in [0.4, 0.5) is 0 Å². The Bertz CT molecular complexity index is 135. The first-order valence-electron chi connectivity index (χ1n) is 5.64. The maximum absolute atomic E-state index is 5.92. The first-order valence-corrected chi connectivity index (χ1v) is 5.64. The Labute approximate surface area is 89.0 Å². The molecule has 3 heteroatoms. The van der Waals surface area contributed by atoms with E-state index in [9.17, 15) is 0 Å². The second-order valence-corrected chi connectivity index (χ2v) is 3.96. The molecule has 0 aromatic carbocycles. The van der Waals surface area contributed by atoms with Crippen molar-refractivity contribution in [3.8, 4) is 0 Å². The molecule has 0 spiro atoms. The number of hydrogen-bond acceptors (Lipinski definition) is 3. The summed E-state index contributed by atoms with van der Waals surface area (Å²) < 4.78 is 0. The lowest BCUT2D eigenvalue weighted by Gasteiger charge is -2.33. The third kappa shape index (κ3) is 4.40. The number of rotatable bonds is 7. The lowest BCUT2D eigenvalue weighted by atomic mass is 10.1. The van der Waals surface area contributed by atoms with Crippen LogP contribution in [0.2, 0.25) is 0 Å². The van der Waals surface area contributed by atoms with E-state index in [0.717, 1.165) is 19.5 Å². The zero-order chi connectivity index (χ0) is 11.1. The Balaban J connectivity index is 4.21. The first-order chi connectivity index (χ1) is 6.56. The summed E-state index contributed by atoms with van der Waals surface area (Å²) in [6.07, 6.45) is 1.34. The van der Waals surface area contributed by atoms with Crippen molar-refractivity contribution < 1.29 is 4.84 Å². The summed E-state index contributed by atoms with van der Waals surface area (Å²) in [5.41, 5.74) is 0. The molecule has 0 N–H and O–H groups in total. The Hall–Kier alpha value is -0.120. The van der Waals surface area contributed by atoms with E-state index in [1.165, 1.54) is 0 Å². The van der Waals surface area contributed by atoms with Crippen LogP contribution in [0.3, 0.4) is 0 Å². The molecule has 2 unspecified atom stereocenters. The van der Waals surface area contributed by atoms with E-state index < -0.39 is 0 Å². The van der Waals surface area contributed by atoms with Gasteiger partial charge in [-0.25, -0.2) is 0 Å². The Kier molecular flexibility index (Phi) is 7.15. The largest absolute Gasteiger partial charge is 0.283 e. The average Bonchev–Trinajstić information content (AvgIpc) is 2.18. The molecule has 0 aliphatic rings. The molecule has 0 aliphatic heterocycles. The molecule has 0 bridgehead atoms. The second-order valence-electron chi connectivity index (χ2n) is 3.96. The quantitative estimate of drug-likeness (QED) is 0.465. The molecule has 0 aromatic heterocycles. The highest BCUT2D eigenvalue weighted by Crippen LogP contribution is 2.14. The predicted octanol–water partition coefficient (Wildman–Crippen LogP) is 2.19.